The molecule has 3 rings (SSSR count). The molecule has 8 heteroatoms. The van der Waals surface area contributed by atoms with Crippen molar-refractivity contribution < 1.29 is 13.2 Å². The number of nitrogens with one attached hydrogen (secondary N) is 1. The number of nitrogens with zero attached hydrogens (tertiary/aromatic N) is 1. The van der Waals surface area contributed by atoms with Crippen molar-refractivity contribution in [2.75, 3.05) is 18.4 Å². The number of sulfonamides is 1. The number of amides is 1. The molecule has 1 aliphatic heterocycles. The number of halogens is 2. The van der Waals surface area contributed by atoms with Crippen LogP contribution in [0.25, 0.3) is 0 Å². The molecule has 2 aromatic carbocycles. The Morgan fingerprint density at radius 2 is 1.72 bits per heavy atom. The van der Waals surface area contributed by atoms with E-state index >= 15 is 0 Å². The first-order valence-corrected chi connectivity index (χ1v) is 10.4. The van der Waals surface area contributed by atoms with Crippen LogP contribution in [0.15, 0.2) is 51.8 Å². The number of hydrogen-bond acceptors (Lipinski definition) is 3. The maximum Gasteiger partial charge on any atom is 0.255 e. The molecule has 1 N–H and O–H groups in total. The van der Waals surface area contributed by atoms with Crippen LogP contribution in [0.4, 0.5) is 5.69 Å². The zero-order chi connectivity index (χ0) is 18.0. The van der Waals surface area contributed by atoms with E-state index in [9.17, 15) is 13.2 Å². The molecular formula is C17H16BrClN2O3S. The highest BCUT2D eigenvalue weighted by Gasteiger charge is 2.29. The molecule has 1 heterocycles. The lowest BCUT2D eigenvalue weighted by Crippen LogP contribution is -2.28. The predicted octanol–water partition coefficient (Wildman–Crippen LogP) is 4.14. The third kappa shape index (κ3) is 4.06. The predicted molar refractivity (Wildman–Crippen MR) is 102 cm³/mol. The summed E-state index contributed by atoms with van der Waals surface area (Å²) in [5.41, 5.74) is 0.859. The van der Waals surface area contributed by atoms with E-state index in [0.29, 0.717) is 18.8 Å². The molecule has 25 heavy (non-hydrogen) atoms. The zero-order valence-electron chi connectivity index (χ0n) is 13.2. The number of rotatable bonds is 4. The Morgan fingerprint density at radius 1 is 1.08 bits per heavy atom. The summed E-state index contributed by atoms with van der Waals surface area (Å²) in [7, 11) is -3.69. The second-order valence-corrected chi connectivity index (χ2v) is 8.95. The Morgan fingerprint density at radius 3 is 2.36 bits per heavy atom. The lowest BCUT2D eigenvalue weighted by molar-refractivity contribution is 0.102. The van der Waals surface area contributed by atoms with Crippen LogP contribution in [0.1, 0.15) is 23.2 Å². The first kappa shape index (κ1) is 18.4. The minimum Gasteiger partial charge on any atom is -0.322 e. The van der Waals surface area contributed by atoms with Gasteiger partial charge >= 0.3 is 0 Å². The van der Waals surface area contributed by atoms with Gasteiger partial charge in [-0.25, -0.2) is 8.42 Å². The van der Waals surface area contributed by atoms with Crippen LogP contribution in [0.5, 0.6) is 0 Å². The van der Waals surface area contributed by atoms with E-state index in [1.54, 1.807) is 24.3 Å². The third-order valence-corrected chi connectivity index (χ3v) is 6.89. The highest BCUT2D eigenvalue weighted by atomic mass is 79.9. The summed E-state index contributed by atoms with van der Waals surface area (Å²) in [5.74, 6) is -0.392. The molecular weight excluding hydrogens is 428 g/mol. The Labute approximate surface area is 160 Å². The van der Waals surface area contributed by atoms with E-state index in [4.69, 9.17) is 11.6 Å². The highest BCUT2D eigenvalue weighted by molar-refractivity contribution is 9.10. The molecule has 0 aliphatic carbocycles. The van der Waals surface area contributed by atoms with Crippen LogP contribution in [0.3, 0.4) is 0 Å². The van der Waals surface area contributed by atoms with Crippen LogP contribution in [0, 0.1) is 0 Å². The number of benzene rings is 2. The molecule has 1 aliphatic rings. The minimum absolute atomic E-state index is 0.0282. The molecule has 1 fully saturated rings. The molecule has 0 aromatic heterocycles. The van der Waals surface area contributed by atoms with Crippen LogP contribution in [-0.2, 0) is 10.0 Å². The summed E-state index contributed by atoms with van der Waals surface area (Å²) in [6.45, 7) is 0.960. The normalized spacial score (nSPS) is 15.3. The third-order valence-electron chi connectivity index (χ3n) is 3.98. The molecule has 0 radical (unpaired) electrons. The average molecular weight is 444 g/mol. The molecule has 0 atom stereocenters. The van der Waals surface area contributed by atoms with Crippen molar-refractivity contribution in [2.24, 2.45) is 0 Å². The van der Waals surface area contributed by atoms with Gasteiger partial charge < -0.3 is 5.32 Å². The van der Waals surface area contributed by atoms with Gasteiger partial charge in [-0.3, -0.25) is 4.79 Å². The van der Waals surface area contributed by atoms with Crippen molar-refractivity contribution in [1.82, 2.24) is 4.31 Å². The fraction of sp³-hybridized carbons (Fsp3) is 0.235. The molecule has 5 nitrogen and oxygen atoms in total. The van der Waals surface area contributed by atoms with E-state index in [1.165, 1.54) is 22.5 Å². The van der Waals surface area contributed by atoms with E-state index in [1.807, 2.05) is 0 Å². The van der Waals surface area contributed by atoms with Crippen molar-refractivity contribution in [3.05, 3.63) is 57.5 Å². The average Bonchev–Trinajstić information content (AvgIpc) is 3.12. The van der Waals surface area contributed by atoms with E-state index < -0.39 is 15.9 Å². The Kier molecular flexibility index (Phi) is 5.48. The van der Waals surface area contributed by atoms with Gasteiger partial charge in [0.05, 0.1) is 5.02 Å². The van der Waals surface area contributed by atoms with E-state index in [2.05, 4.69) is 21.2 Å². The van der Waals surface area contributed by atoms with Crippen molar-refractivity contribution in [2.45, 2.75) is 17.7 Å². The second-order valence-electron chi connectivity index (χ2n) is 5.72. The zero-order valence-corrected chi connectivity index (χ0v) is 16.4. The summed E-state index contributed by atoms with van der Waals surface area (Å²) in [5, 5.41) is 2.86. The smallest absolute Gasteiger partial charge is 0.255 e. The fourth-order valence-corrected chi connectivity index (χ4v) is 4.93. The quantitative estimate of drug-likeness (QED) is 0.772. The number of anilines is 1. The summed E-state index contributed by atoms with van der Waals surface area (Å²) in [6, 6.07) is 11.4. The summed E-state index contributed by atoms with van der Waals surface area (Å²) < 4.78 is 27.8. The van der Waals surface area contributed by atoms with Gasteiger partial charge in [0.1, 0.15) is 4.90 Å². The highest BCUT2D eigenvalue weighted by Crippen LogP contribution is 2.28. The number of carbonyl (C=O) groups excluding carboxylic acids is 1. The molecule has 1 saturated heterocycles. The molecule has 1 amide bonds. The first-order chi connectivity index (χ1) is 11.9. The van der Waals surface area contributed by atoms with Gasteiger partial charge in [0, 0.05) is 28.8 Å². The van der Waals surface area contributed by atoms with Crippen LogP contribution >= 0.6 is 27.5 Å². The largest absolute Gasteiger partial charge is 0.322 e. The Bertz CT molecular complexity index is 895. The van der Waals surface area contributed by atoms with Crippen LogP contribution in [-0.4, -0.2) is 31.7 Å². The summed E-state index contributed by atoms with van der Waals surface area (Å²) in [4.78, 5) is 12.4. The van der Waals surface area contributed by atoms with Crippen molar-refractivity contribution in [3.63, 3.8) is 0 Å². The van der Waals surface area contributed by atoms with Gasteiger partial charge in [-0.15, -0.1) is 0 Å². The minimum atomic E-state index is -3.69. The monoisotopic (exact) mass is 442 g/mol. The maximum absolute atomic E-state index is 12.7. The fourth-order valence-electron chi connectivity index (χ4n) is 2.65. The first-order valence-electron chi connectivity index (χ1n) is 7.74. The Hall–Kier alpha value is -1.41. The van der Waals surface area contributed by atoms with Gasteiger partial charge in [-0.2, -0.15) is 4.31 Å². The summed E-state index contributed by atoms with van der Waals surface area (Å²) >= 11 is 9.43. The molecule has 0 bridgehead atoms. The van der Waals surface area contributed by atoms with Gasteiger partial charge in [0.25, 0.3) is 5.91 Å². The van der Waals surface area contributed by atoms with Crippen molar-refractivity contribution in [1.29, 1.82) is 0 Å². The SMILES string of the molecule is O=C(Nc1ccc(Br)cc1)c1ccc(Cl)c(S(=O)(=O)N2CCCC2)c1. The van der Waals surface area contributed by atoms with Crippen molar-refractivity contribution in [3.8, 4) is 0 Å². The standard InChI is InChI=1S/C17H16BrClN2O3S/c18-13-4-6-14(7-5-13)20-17(22)12-3-8-15(19)16(11-12)25(23,24)21-9-1-2-10-21/h3-8,11H,1-2,9-10H2,(H,20,22). The van der Waals surface area contributed by atoms with Gasteiger partial charge in [-0.1, -0.05) is 27.5 Å². The molecule has 2 aromatic rings. The van der Waals surface area contributed by atoms with Gasteiger partial charge in [0.15, 0.2) is 0 Å². The van der Waals surface area contributed by atoms with Crippen molar-refractivity contribution >= 4 is 49.1 Å². The summed E-state index contributed by atoms with van der Waals surface area (Å²) in [6.07, 6.45) is 1.67. The lowest BCUT2D eigenvalue weighted by atomic mass is 10.2. The number of carbonyl (C=O) groups is 1. The van der Waals surface area contributed by atoms with Gasteiger partial charge in [-0.05, 0) is 55.3 Å². The van der Waals surface area contributed by atoms with Crippen LogP contribution in [0.2, 0.25) is 5.02 Å². The molecule has 0 spiro atoms. The molecule has 0 unspecified atom stereocenters. The van der Waals surface area contributed by atoms with Gasteiger partial charge in [0.2, 0.25) is 10.0 Å². The Balaban J connectivity index is 1.88. The number of hydrogen-bond donors (Lipinski definition) is 1. The topological polar surface area (TPSA) is 66.5 Å². The molecule has 132 valence electrons. The van der Waals surface area contributed by atoms with E-state index in [-0.39, 0.29) is 15.5 Å². The van der Waals surface area contributed by atoms with Crippen LogP contribution < -0.4 is 5.32 Å². The maximum atomic E-state index is 12.7. The molecule has 0 saturated carbocycles. The second kappa shape index (κ2) is 7.45. The lowest BCUT2D eigenvalue weighted by Gasteiger charge is -2.17. The van der Waals surface area contributed by atoms with E-state index in [0.717, 1.165) is 17.3 Å².